The van der Waals surface area contributed by atoms with Crippen LogP contribution in [-0.4, -0.2) is 42.8 Å². The van der Waals surface area contributed by atoms with Crippen molar-refractivity contribution in [3.8, 4) is 0 Å². The zero-order chi connectivity index (χ0) is 13.0. The molecule has 3 nitrogen and oxygen atoms in total. The van der Waals surface area contributed by atoms with E-state index >= 15 is 0 Å². The second-order valence-electron chi connectivity index (χ2n) is 4.82. The lowest BCUT2D eigenvalue weighted by atomic mass is 9.99. The number of rotatable bonds is 4. The van der Waals surface area contributed by atoms with Gasteiger partial charge in [0.05, 0.1) is 0 Å². The molecule has 2 rings (SSSR count). The minimum atomic E-state index is -0.165. The topological polar surface area (TPSA) is 35.5 Å². The highest BCUT2D eigenvalue weighted by molar-refractivity contribution is 5.26. The summed E-state index contributed by atoms with van der Waals surface area (Å²) in [4.78, 5) is 2.36. The van der Waals surface area contributed by atoms with Gasteiger partial charge in [-0.3, -0.25) is 4.90 Å². The van der Waals surface area contributed by atoms with Crippen LogP contribution in [0.2, 0.25) is 0 Å². The number of halogens is 1. The number of hydrogen-bond donors (Lipinski definition) is 2. The fourth-order valence-corrected chi connectivity index (χ4v) is 2.55. The SMILES string of the molecule is Cc1cc([C@H](CCO)N2CCNCC2)ccc1F. The van der Waals surface area contributed by atoms with E-state index in [-0.39, 0.29) is 18.5 Å². The summed E-state index contributed by atoms with van der Waals surface area (Å²) in [6, 6.07) is 5.45. The third-order valence-electron chi connectivity index (χ3n) is 3.56. The van der Waals surface area contributed by atoms with Gasteiger partial charge in [-0.15, -0.1) is 0 Å². The van der Waals surface area contributed by atoms with E-state index in [0.29, 0.717) is 12.0 Å². The molecule has 0 radical (unpaired) electrons. The number of nitrogens with one attached hydrogen (secondary N) is 1. The van der Waals surface area contributed by atoms with E-state index < -0.39 is 0 Å². The third-order valence-corrected chi connectivity index (χ3v) is 3.56. The number of hydrogen-bond acceptors (Lipinski definition) is 3. The number of aliphatic hydroxyl groups excluding tert-OH is 1. The number of aryl methyl sites for hydroxylation is 1. The summed E-state index contributed by atoms with van der Waals surface area (Å²) >= 11 is 0. The van der Waals surface area contributed by atoms with Crippen LogP contribution in [0.1, 0.15) is 23.6 Å². The molecule has 2 N–H and O–H groups in total. The second kappa shape index (κ2) is 6.27. The molecule has 1 aromatic rings. The number of nitrogens with zero attached hydrogens (tertiary/aromatic N) is 1. The van der Waals surface area contributed by atoms with Crippen LogP contribution >= 0.6 is 0 Å². The Bertz CT molecular complexity index is 391. The molecule has 4 heteroatoms. The first-order valence-corrected chi connectivity index (χ1v) is 6.54. The Hall–Kier alpha value is -0.970. The standard InChI is InChI=1S/C14H21FN2O/c1-11-10-12(2-3-13(11)15)14(4-9-18)17-7-5-16-6-8-17/h2-3,10,14,16,18H,4-9H2,1H3/t14-/m0/s1. The molecule has 100 valence electrons. The quantitative estimate of drug-likeness (QED) is 0.851. The first-order valence-electron chi connectivity index (χ1n) is 6.54. The zero-order valence-corrected chi connectivity index (χ0v) is 10.8. The normalized spacial score (nSPS) is 18.8. The van der Waals surface area contributed by atoms with Crippen molar-refractivity contribution in [1.82, 2.24) is 10.2 Å². The van der Waals surface area contributed by atoms with Gasteiger partial charge in [-0.25, -0.2) is 4.39 Å². The minimum absolute atomic E-state index is 0.158. The van der Waals surface area contributed by atoms with E-state index in [0.717, 1.165) is 31.7 Å². The summed E-state index contributed by atoms with van der Waals surface area (Å²) in [5.41, 5.74) is 1.77. The molecule has 1 aromatic carbocycles. The van der Waals surface area contributed by atoms with Crippen molar-refractivity contribution >= 4 is 0 Å². The maximum Gasteiger partial charge on any atom is 0.126 e. The van der Waals surface area contributed by atoms with Gasteiger partial charge in [0.15, 0.2) is 0 Å². The molecule has 1 aliphatic heterocycles. The predicted molar refractivity (Wildman–Crippen MR) is 70.0 cm³/mol. The smallest absolute Gasteiger partial charge is 0.126 e. The summed E-state index contributed by atoms with van der Waals surface area (Å²) in [6.45, 7) is 5.84. The highest BCUT2D eigenvalue weighted by Crippen LogP contribution is 2.25. The van der Waals surface area contributed by atoms with E-state index in [1.807, 2.05) is 12.1 Å². The lowest BCUT2D eigenvalue weighted by molar-refractivity contribution is 0.141. The molecule has 1 heterocycles. The van der Waals surface area contributed by atoms with E-state index in [1.165, 1.54) is 6.07 Å². The Morgan fingerprint density at radius 2 is 2.11 bits per heavy atom. The molecule has 0 bridgehead atoms. The van der Waals surface area contributed by atoms with Gasteiger partial charge in [0, 0.05) is 38.8 Å². The van der Waals surface area contributed by atoms with Gasteiger partial charge in [0.2, 0.25) is 0 Å². The molecule has 1 aliphatic rings. The van der Waals surface area contributed by atoms with Crippen molar-refractivity contribution < 1.29 is 9.50 Å². The van der Waals surface area contributed by atoms with Crippen LogP contribution in [0.25, 0.3) is 0 Å². The molecule has 0 aromatic heterocycles. The van der Waals surface area contributed by atoms with Crippen molar-refractivity contribution in [2.75, 3.05) is 32.8 Å². The summed E-state index contributed by atoms with van der Waals surface area (Å²) in [6.07, 6.45) is 0.699. The average molecular weight is 252 g/mol. The van der Waals surface area contributed by atoms with Gasteiger partial charge in [0.1, 0.15) is 5.82 Å². The summed E-state index contributed by atoms with van der Waals surface area (Å²) < 4.78 is 13.3. The number of piperazine rings is 1. The molecule has 1 fully saturated rings. The van der Waals surface area contributed by atoms with Crippen molar-refractivity contribution in [3.05, 3.63) is 35.1 Å². The predicted octanol–water partition coefficient (Wildman–Crippen LogP) is 1.46. The molecule has 0 aliphatic carbocycles. The van der Waals surface area contributed by atoms with E-state index in [1.54, 1.807) is 6.92 Å². The zero-order valence-electron chi connectivity index (χ0n) is 10.8. The van der Waals surface area contributed by atoms with Gasteiger partial charge in [-0.1, -0.05) is 12.1 Å². The summed E-state index contributed by atoms with van der Waals surface area (Å²) in [7, 11) is 0. The highest BCUT2D eigenvalue weighted by Gasteiger charge is 2.22. The van der Waals surface area contributed by atoms with Gasteiger partial charge in [0.25, 0.3) is 0 Å². The van der Waals surface area contributed by atoms with Crippen LogP contribution in [0.4, 0.5) is 4.39 Å². The number of aliphatic hydroxyl groups is 1. The number of benzene rings is 1. The van der Waals surface area contributed by atoms with Gasteiger partial charge < -0.3 is 10.4 Å². The third kappa shape index (κ3) is 3.07. The molecule has 18 heavy (non-hydrogen) atoms. The maximum absolute atomic E-state index is 13.3. The fourth-order valence-electron chi connectivity index (χ4n) is 2.55. The molecule has 0 unspecified atom stereocenters. The average Bonchev–Trinajstić information content (AvgIpc) is 2.40. The summed E-state index contributed by atoms with van der Waals surface area (Å²) in [5, 5.41) is 12.6. The Balaban J connectivity index is 2.19. The Kier molecular flexibility index (Phi) is 4.69. The Morgan fingerprint density at radius 3 is 2.72 bits per heavy atom. The van der Waals surface area contributed by atoms with E-state index in [9.17, 15) is 9.50 Å². The van der Waals surface area contributed by atoms with E-state index in [4.69, 9.17) is 0 Å². The van der Waals surface area contributed by atoms with Crippen LogP contribution in [0, 0.1) is 12.7 Å². The van der Waals surface area contributed by atoms with E-state index in [2.05, 4.69) is 10.2 Å². The lowest BCUT2D eigenvalue weighted by Gasteiger charge is -2.35. The van der Waals surface area contributed by atoms with Crippen LogP contribution in [-0.2, 0) is 0 Å². The van der Waals surface area contributed by atoms with Crippen LogP contribution in [0.15, 0.2) is 18.2 Å². The minimum Gasteiger partial charge on any atom is -0.396 e. The first kappa shape index (κ1) is 13.5. The van der Waals surface area contributed by atoms with Gasteiger partial charge in [-0.05, 0) is 30.5 Å². The summed E-state index contributed by atoms with van der Waals surface area (Å²) in [5.74, 6) is -0.165. The molecule has 1 atom stereocenters. The molecule has 0 spiro atoms. The molecule has 0 amide bonds. The molecule has 0 saturated carbocycles. The van der Waals surface area contributed by atoms with Crippen LogP contribution in [0.5, 0.6) is 0 Å². The fraction of sp³-hybridized carbons (Fsp3) is 0.571. The molecular formula is C14H21FN2O. The van der Waals surface area contributed by atoms with Crippen molar-refractivity contribution in [2.24, 2.45) is 0 Å². The highest BCUT2D eigenvalue weighted by atomic mass is 19.1. The monoisotopic (exact) mass is 252 g/mol. The van der Waals surface area contributed by atoms with Crippen molar-refractivity contribution in [1.29, 1.82) is 0 Å². The van der Waals surface area contributed by atoms with Crippen molar-refractivity contribution in [3.63, 3.8) is 0 Å². The van der Waals surface area contributed by atoms with Gasteiger partial charge in [-0.2, -0.15) is 0 Å². The second-order valence-corrected chi connectivity index (χ2v) is 4.82. The largest absolute Gasteiger partial charge is 0.396 e. The molecular weight excluding hydrogens is 231 g/mol. The lowest BCUT2D eigenvalue weighted by Crippen LogP contribution is -2.45. The Morgan fingerprint density at radius 1 is 1.39 bits per heavy atom. The van der Waals surface area contributed by atoms with Gasteiger partial charge >= 0.3 is 0 Å². The van der Waals surface area contributed by atoms with Crippen molar-refractivity contribution in [2.45, 2.75) is 19.4 Å². The Labute approximate surface area is 108 Å². The first-order chi connectivity index (χ1) is 8.72. The van der Waals surface area contributed by atoms with Crippen LogP contribution < -0.4 is 5.32 Å². The van der Waals surface area contributed by atoms with Crippen LogP contribution in [0.3, 0.4) is 0 Å². The maximum atomic E-state index is 13.3. The molecule has 1 saturated heterocycles.